The van der Waals surface area contributed by atoms with Gasteiger partial charge in [0.2, 0.25) is 5.91 Å². The summed E-state index contributed by atoms with van der Waals surface area (Å²) < 4.78 is 2.01. The lowest BCUT2D eigenvalue weighted by Crippen LogP contribution is -2.47. The maximum Gasteiger partial charge on any atom is 0.231 e. The monoisotopic (exact) mass is 418 g/mol. The summed E-state index contributed by atoms with van der Waals surface area (Å²) in [5, 5.41) is 21.7. The van der Waals surface area contributed by atoms with Gasteiger partial charge in [-0.1, -0.05) is 42.1 Å². The molecule has 2 aromatic heterocycles. The van der Waals surface area contributed by atoms with Gasteiger partial charge in [0.1, 0.15) is 5.54 Å². The van der Waals surface area contributed by atoms with Gasteiger partial charge in [-0.15, -0.1) is 10.2 Å². The molecule has 1 atom stereocenters. The number of nitriles is 1. The molecule has 1 saturated carbocycles. The zero-order chi connectivity index (χ0) is 21.0. The van der Waals surface area contributed by atoms with E-state index in [1.807, 2.05) is 47.0 Å². The molecule has 4 rings (SSSR count). The fourth-order valence-electron chi connectivity index (χ4n) is 3.36. The maximum absolute atomic E-state index is 12.5. The normalized spacial score (nSPS) is 15.2. The molecule has 3 aromatic rings. The molecule has 0 radical (unpaired) electrons. The molecule has 0 spiro atoms. The van der Waals surface area contributed by atoms with Gasteiger partial charge in [-0.05, 0) is 43.4 Å². The van der Waals surface area contributed by atoms with E-state index < -0.39 is 5.54 Å². The minimum atomic E-state index is -0.794. The largest absolute Gasteiger partial charge is 0.337 e. The number of nitrogens with one attached hydrogen (secondary N) is 1. The number of carbonyl (C=O) groups excluding carboxylic acids is 1. The predicted molar refractivity (Wildman–Crippen MR) is 114 cm³/mol. The van der Waals surface area contributed by atoms with Crippen molar-refractivity contribution in [1.29, 1.82) is 5.26 Å². The van der Waals surface area contributed by atoms with E-state index in [0.29, 0.717) is 11.7 Å². The summed E-state index contributed by atoms with van der Waals surface area (Å²) in [6, 6.07) is 16.1. The summed E-state index contributed by atoms with van der Waals surface area (Å²) in [5.74, 6) is 0.976. The summed E-state index contributed by atoms with van der Waals surface area (Å²) in [6.45, 7) is 2.39. The van der Waals surface area contributed by atoms with Crippen LogP contribution in [-0.4, -0.2) is 36.9 Å². The molecule has 152 valence electrons. The number of amides is 1. The van der Waals surface area contributed by atoms with Crippen molar-refractivity contribution in [3.05, 3.63) is 60.4 Å². The first kappa shape index (κ1) is 20.1. The molecule has 1 N–H and O–H groups in total. The number of hydrogen-bond acceptors (Lipinski definition) is 6. The Hall–Kier alpha value is -3.18. The van der Waals surface area contributed by atoms with E-state index in [2.05, 4.69) is 26.6 Å². The van der Waals surface area contributed by atoms with Crippen molar-refractivity contribution in [1.82, 2.24) is 25.1 Å². The number of aromatic nitrogens is 4. The van der Waals surface area contributed by atoms with Crippen LogP contribution in [0.2, 0.25) is 0 Å². The van der Waals surface area contributed by atoms with Crippen LogP contribution in [0.1, 0.15) is 25.3 Å². The number of pyridine rings is 1. The summed E-state index contributed by atoms with van der Waals surface area (Å²) in [5.41, 5.74) is 1.23. The van der Waals surface area contributed by atoms with Crippen LogP contribution in [0.15, 0.2) is 60.0 Å². The number of rotatable bonds is 8. The molecule has 7 nitrogen and oxygen atoms in total. The second-order valence-corrected chi connectivity index (χ2v) is 8.48. The molecular formula is C22H22N6OS. The Morgan fingerprint density at radius 2 is 1.97 bits per heavy atom. The second-order valence-electron chi connectivity index (χ2n) is 7.54. The fourth-order valence-corrected chi connectivity index (χ4v) is 4.09. The molecule has 2 heterocycles. The number of nitrogens with zero attached hydrogens (tertiary/aromatic N) is 5. The van der Waals surface area contributed by atoms with E-state index in [-0.39, 0.29) is 17.6 Å². The van der Waals surface area contributed by atoms with E-state index >= 15 is 0 Å². The van der Waals surface area contributed by atoms with Crippen LogP contribution in [-0.2, 0) is 11.3 Å². The van der Waals surface area contributed by atoms with Gasteiger partial charge in [0, 0.05) is 18.0 Å². The van der Waals surface area contributed by atoms with Crippen molar-refractivity contribution in [3.63, 3.8) is 0 Å². The lowest BCUT2D eigenvalue weighted by molar-refractivity contribution is -0.119. The van der Waals surface area contributed by atoms with Gasteiger partial charge >= 0.3 is 0 Å². The summed E-state index contributed by atoms with van der Waals surface area (Å²) in [6.07, 6.45) is 5.41. The maximum atomic E-state index is 12.5. The van der Waals surface area contributed by atoms with Gasteiger partial charge in [0.05, 0.1) is 18.4 Å². The molecule has 1 aliphatic rings. The Balaban J connectivity index is 1.53. The highest BCUT2D eigenvalue weighted by Gasteiger charge is 2.43. The van der Waals surface area contributed by atoms with E-state index in [1.54, 1.807) is 19.3 Å². The Morgan fingerprint density at radius 3 is 2.63 bits per heavy atom. The van der Waals surface area contributed by atoms with E-state index in [4.69, 9.17) is 0 Å². The molecule has 0 saturated heterocycles. The topological polar surface area (TPSA) is 96.5 Å². The Morgan fingerprint density at radius 1 is 1.23 bits per heavy atom. The van der Waals surface area contributed by atoms with E-state index in [1.165, 1.54) is 11.8 Å². The minimum Gasteiger partial charge on any atom is -0.337 e. The fraction of sp³-hybridized carbons (Fsp3) is 0.318. The van der Waals surface area contributed by atoms with Crippen LogP contribution in [0.4, 0.5) is 0 Å². The van der Waals surface area contributed by atoms with E-state index in [0.717, 1.165) is 29.8 Å². The van der Waals surface area contributed by atoms with Crippen molar-refractivity contribution in [2.45, 2.75) is 37.0 Å². The molecule has 1 aliphatic carbocycles. The van der Waals surface area contributed by atoms with Crippen LogP contribution < -0.4 is 5.32 Å². The molecule has 1 amide bonds. The second kappa shape index (κ2) is 8.67. The summed E-state index contributed by atoms with van der Waals surface area (Å²) in [4.78, 5) is 16.6. The van der Waals surface area contributed by atoms with E-state index in [9.17, 15) is 10.1 Å². The molecule has 0 bridgehead atoms. The molecule has 0 aliphatic heterocycles. The number of thioether (sulfide) groups is 1. The molecule has 0 unspecified atom stereocenters. The molecular weight excluding hydrogens is 396 g/mol. The van der Waals surface area contributed by atoms with Gasteiger partial charge in [-0.3, -0.25) is 14.3 Å². The Kier molecular flexibility index (Phi) is 5.81. The minimum absolute atomic E-state index is 0.171. The lowest BCUT2D eigenvalue weighted by atomic mass is 9.98. The zero-order valence-electron chi connectivity index (χ0n) is 16.7. The predicted octanol–water partition coefficient (Wildman–Crippen LogP) is 3.29. The molecule has 8 heteroatoms. The van der Waals surface area contributed by atoms with Gasteiger partial charge in [-0.25, -0.2) is 0 Å². The molecule has 30 heavy (non-hydrogen) atoms. The number of hydrogen-bond donors (Lipinski definition) is 1. The van der Waals surface area contributed by atoms with Gasteiger partial charge < -0.3 is 5.32 Å². The Bertz CT molecular complexity index is 1060. The first-order valence-corrected chi connectivity index (χ1v) is 10.8. The molecule has 1 aromatic carbocycles. The average Bonchev–Trinajstić information content (AvgIpc) is 3.56. The van der Waals surface area contributed by atoms with Crippen molar-refractivity contribution in [3.8, 4) is 17.5 Å². The van der Waals surface area contributed by atoms with Crippen LogP contribution in [0, 0.1) is 17.2 Å². The smallest absolute Gasteiger partial charge is 0.231 e. The molecule has 1 fully saturated rings. The SMILES string of the molecule is C[C@@](C#N)(NC(=O)CSc1nnc(-c2ccncc2)n1Cc1ccccc1)C1CC1. The first-order valence-electron chi connectivity index (χ1n) is 9.81. The van der Waals surface area contributed by atoms with Crippen LogP contribution in [0.25, 0.3) is 11.4 Å². The van der Waals surface area contributed by atoms with Gasteiger partial charge in [-0.2, -0.15) is 5.26 Å². The van der Waals surface area contributed by atoms with Crippen molar-refractivity contribution < 1.29 is 4.79 Å². The zero-order valence-corrected chi connectivity index (χ0v) is 17.5. The van der Waals surface area contributed by atoms with Crippen molar-refractivity contribution in [2.75, 3.05) is 5.75 Å². The van der Waals surface area contributed by atoms with Crippen molar-refractivity contribution >= 4 is 17.7 Å². The third-order valence-electron chi connectivity index (χ3n) is 5.20. The summed E-state index contributed by atoms with van der Waals surface area (Å²) >= 11 is 1.33. The highest BCUT2D eigenvalue weighted by molar-refractivity contribution is 7.99. The van der Waals surface area contributed by atoms with Gasteiger partial charge in [0.15, 0.2) is 11.0 Å². The van der Waals surface area contributed by atoms with Gasteiger partial charge in [0.25, 0.3) is 0 Å². The summed E-state index contributed by atoms with van der Waals surface area (Å²) in [7, 11) is 0. The first-order chi connectivity index (χ1) is 14.6. The average molecular weight is 419 g/mol. The quantitative estimate of drug-likeness (QED) is 0.564. The third kappa shape index (κ3) is 4.52. The number of carbonyl (C=O) groups is 1. The standard InChI is InChI=1S/C22H22N6OS/c1-22(15-23,18-7-8-18)25-19(29)14-30-21-27-26-20(17-9-11-24-12-10-17)28(21)13-16-5-3-2-4-6-16/h2-6,9-12,18H,7-8,13-14H2,1H3,(H,25,29)/t22-/m0/s1. The third-order valence-corrected chi connectivity index (χ3v) is 6.16. The number of benzene rings is 1. The van der Waals surface area contributed by atoms with Crippen molar-refractivity contribution in [2.24, 2.45) is 5.92 Å². The van der Waals surface area contributed by atoms with Crippen LogP contribution in [0.5, 0.6) is 0 Å². The highest BCUT2D eigenvalue weighted by Crippen LogP contribution is 2.39. The Labute approximate surface area is 179 Å². The highest BCUT2D eigenvalue weighted by atomic mass is 32.2. The van der Waals surface area contributed by atoms with Crippen LogP contribution in [0.3, 0.4) is 0 Å². The van der Waals surface area contributed by atoms with Crippen LogP contribution >= 0.6 is 11.8 Å². The lowest BCUT2D eigenvalue weighted by Gasteiger charge is -2.22.